The smallest absolute Gasteiger partial charge is 0.312 e. The Balaban J connectivity index is 1.53. The van der Waals surface area contributed by atoms with Gasteiger partial charge in [0.25, 0.3) is 11.7 Å². The molecule has 15 heteroatoms. The number of phenols is 2. The zero-order valence-electron chi connectivity index (χ0n) is 36.7. The number of carboxylic acids is 1. The summed E-state index contributed by atoms with van der Waals surface area (Å²) in [6, 6.07) is 0. The van der Waals surface area contributed by atoms with Gasteiger partial charge in [-0.15, -0.1) is 0 Å². The zero-order chi connectivity index (χ0) is 44.9. The standard InChI is InChI=1S/C46H60N4O11/c1-22-16-21-59-45(9)43(57)34-32-33(39(55)29(8)42(34)61-45)40(56)37(36-35(32)48-46(49-36)17-19-50(10)20-18-46)47-44(58)24(3)13-11-12-23(2)41(60-31(53)15-14-30(51)52)28(7)38(54)27(6)26(5)25(22)4/h11-13,16,21-23,25-28,38,41,48,54-56H,14-15,17-20H2,1-10H3,(H,51,52)/b12-11+,21-16+,24-13-,47-37?/t22-,23-,25+,26+,27-,28-,38-,41-,45-/m0/s1. The first-order valence-corrected chi connectivity index (χ1v) is 21.2. The molecule has 5 heterocycles. The second-order valence-corrected chi connectivity index (χ2v) is 17.9. The third-order valence-corrected chi connectivity index (χ3v) is 13.7. The van der Waals surface area contributed by atoms with E-state index in [1.807, 2.05) is 40.8 Å². The normalized spacial score (nSPS) is 32.5. The molecule has 1 amide bonds. The molecule has 5 N–H and O–H groups in total. The highest BCUT2D eigenvalue weighted by molar-refractivity contribution is 6.21. The average Bonchev–Trinajstić information content (AvgIpc) is 3.72. The number of amides is 1. The van der Waals surface area contributed by atoms with Crippen molar-refractivity contribution >= 4 is 40.1 Å². The van der Waals surface area contributed by atoms with Gasteiger partial charge in [-0.05, 0) is 50.6 Å². The molecular weight excluding hydrogens is 785 g/mol. The number of fused-ring (bicyclic) bond motifs is 13. The molecule has 61 heavy (non-hydrogen) atoms. The Morgan fingerprint density at radius 1 is 0.918 bits per heavy atom. The minimum Gasteiger partial charge on any atom is -0.507 e. The molecule has 2 aromatic carbocycles. The lowest BCUT2D eigenvalue weighted by Gasteiger charge is -2.38. The SMILES string of the molecule is C/C1=C/C=C/[C@H](C)[C@H](OC(=O)CCC(=O)O)[C@@H](C)[C@@H](O)[C@@H](C)[C@H](C)[C@H](C)[C@@H](C)/C=C/O[C@@]2(C)Oc3c(C)c(O)c4c(O)c(c5c(c4c3C2=O)NC2(CCN(C)CC2)N=5)=NC1=O. The lowest BCUT2D eigenvalue weighted by Crippen LogP contribution is -2.45. The van der Waals surface area contributed by atoms with Gasteiger partial charge in [0, 0.05) is 61.2 Å². The Labute approximate surface area is 355 Å². The predicted molar refractivity (Wildman–Crippen MR) is 227 cm³/mol. The molecule has 0 aliphatic carbocycles. The highest BCUT2D eigenvalue weighted by Crippen LogP contribution is 2.51. The summed E-state index contributed by atoms with van der Waals surface area (Å²) >= 11 is 0. The van der Waals surface area contributed by atoms with Crippen LogP contribution < -0.4 is 20.8 Å². The van der Waals surface area contributed by atoms with E-state index in [2.05, 4.69) is 22.1 Å². The van der Waals surface area contributed by atoms with Gasteiger partial charge in [0.05, 0.1) is 41.8 Å². The van der Waals surface area contributed by atoms with Gasteiger partial charge in [-0.2, -0.15) is 0 Å². The Morgan fingerprint density at radius 3 is 2.25 bits per heavy atom. The summed E-state index contributed by atoms with van der Waals surface area (Å²) in [5, 5.41) is 48.4. The number of nitrogens with zero attached hydrogens (tertiary/aromatic N) is 3. The van der Waals surface area contributed by atoms with Crippen LogP contribution in [0.1, 0.15) is 97.0 Å². The first-order valence-electron chi connectivity index (χ1n) is 21.2. The van der Waals surface area contributed by atoms with Crippen LogP contribution in [-0.4, -0.2) is 92.8 Å². The molecule has 5 bridgehead atoms. The minimum absolute atomic E-state index is 0.0120. The molecule has 330 valence electrons. The molecule has 1 saturated heterocycles. The number of aliphatic hydroxyl groups is 1. The van der Waals surface area contributed by atoms with Gasteiger partial charge in [-0.25, -0.2) is 4.99 Å². The number of hydrogen-bond acceptors (Lipinski definition) is 13. The van der Waals surface area contributed by atoms with Gasteiger partial charge in [-0.3, -0.25) is 24.2 Å². The maximum atomic E-state index is 14.6. The van der Waals surface area contributed by atoms with Crippen LogP contribution in [0, 0.1) is 42.4 Å². The van der Waals surface area contributed by atoms with E-state index < -0.39 is 71.3 Å². The van der Waals surface area contributed by atoms with Crippen LogP contribution in [0.5, 0.6) is 17.2 Å². The second kappa shape index (κ2) is 17.2. The summed E-state index contributed by atoms with van der Waals surface area (Å²) in [4.78, 5) is 64.3. The van der Waals surface area contributed by atoms with Gasteiger partial charge in [-0.1, -0.05) is 59.8 Å². The number of piperidine rings is 1. The van der Waals surface area contributed by atoms with Gasteiger partial charge >= 0.3 is 17.7 Å². The van der Waals surface area contributed by atoms with Crippen LogP contribution in [0.2, 0.25) is 0 Å². The van der Waals surface area contributed by atoms with E-state index in [4.69, 9.17) is 19.2 Å². The number of carbonyl (C=O) groups excluding carboxylic acids is 3. The molecule has 1 spiro atoms. The van der Waals surface area contributed by atoms with E-state index in [1.165, 1.54) is 19.3 Å². The lowest BCUT2D eigenvalue weighted by molar-refractivity contribution is -0.159. The topological polar surface area (TPSA) is 217 Å². The van der Waals surface area contributed by atoms with Gasteiger partial charge in [0.1, 0.15) is 34.0 Å². The van der Waals surface area contributed by atoms with Crippen molar-refractivity contribution < 1.29 is 53.8 Å². The molecule has 2 aromatic rings. The summed E-state index contributed by atoms with van der Waals surface area (Å²) in [5.74, 6) is -7.27. The van der Waals surface area contributed by atoms with E-state index in [9.17, 15) is 39.6 Å². The summed E-state index contributed by atoms with van der Waals surface area (Å²) in [6.07, 6.45) is 6.76. The van der Waals surface area contributed by atoms with Crippen molar-refractivity contribution in [1.29, 1.82) is 0 Å². The fourth-order valence-electron chi connectivity index (χ4n) is 8.98. The third-order valence-electron chi connectivity index (χ3n) is 13.7. The molecule has 1 fully saturated rings. The molecule has 9 atom stereocenters. The molecular formula is C46H60N4O11. The number of ketones is 1. The zero-order valence-corrected chi connectivity index (χ0v) is 36.7. The van der Waals surface area contributed by atoms with Crippen molar-refractivity contribution in [3.8, 4) is 17.2 Å². The molecule has 5 aliphatic rings. The molecule has 7 rings (SSSR count). The third kappa shape index (κ3) is 8.51. The summed E-state index contributed by atoms with van der Waals surface area (Å²) in [5.41, 5.74) is -0.0375. The number of allylic oxidation sites excluding steroid dienone is 3. The fourth-order valence-corrected chi connectivity index (χ4v) is 8.98. The number of benzene rings is 2. The van der Waals surface area contributed by atoms with Crippen LogP contribution in [-0.2, 0) is 23.9 Å². The number of esters is 1. The van der Waals surface area contributed by atoms with Crippen molar-refractivity contribution in [3.05, 3.63) is 58.0 Å². The molecule has 0 unspecified atom stereocenters. The number of rotatable bonds is 4. The molecule has 5 aliphatic heterocycles. The predicted octanol–water partition coefficient (Wildman–Crippen LogP) is 5.46. The van der Waals surface area contributed by atoms with E-state index in [1.54, 1.807) is 32.9 Å². The van der Waals surface area contributed by atoms with Crippen molar-refractivity contribution in [3.63, 3.8) is 0 Å². The Bertz CT molecular complexity index is 2350. The second-order valence-electron chi connectivity index (χ2n) is 17.9. The lowest BCUT2D eigenvalue weighted by atomic mass is 9.72. The number of ether oxygens (including phenoxy) is 3. The Kier molecular flexibility index (Phi) is 12.8. The Morgan fingerprint density at radius 2 is 1.59 bits per heavy atom. The molecule has 0 radical (unpaired) electrons. The van der Waals surface area contributed by atoms with Crippen LogP contribution in [0.4, 0.5) is 5.69 Å². The maximum Gasteiger partial charge on any atom is 0.312 e. The Hall–Kier alpha value is -5.28. The number of phenolic OH excluding ortho intramolecular Hbond substituents is 2. The minimum atomic E-state index is -1.85. The van der Waals surface area contributed by atoms with E-state index in [0.29, 0.717) is 31.6 Å². The molecule has 15 nitrogen and oxygen atoms in total. The van der Waals surface area contributed by atoms with Crippen molar-refractivity contribution in [2.75, 3.05) is 25.5 Å². The number of aliphatic hydroxyl groups excluding tert-OH is 1. The highest BCUT2D eigenvalue weighted by atomic mass is 16.7. The number of nitrogens with one attached hydrogen (secondary N) is 1. The first-order chi connectivity index (χ1) is 28.6. The van der Waals surface area contributed by atoms with Crippen LogP contribution in [0.15, 0.2) is 46.1 Å². The summed E-state index contributed by atoms with van der Waals surface area (Å²) in [7, 11) is 2.01. The van der Waals surface area contributed by atoms with Gasteiger partial charge in [0.15, 0.2) is 5.75 Å². The fraction of sp³-hybridized carbons (Fsp3) is 0.565. The highest BCUT2D eigenvalue weighted by Gasteiger charge is 2.50. The largest absolute Gasteiger partial charge is 0.507 e. The quantitative estimate of drug-likeness (QED) is 0.191. The van der Waals surface area contributed by atoms with Crippen molar-refractivity contribution in [2.45, 2.75) is 112 Å². The molecule has 0 aromatic heterocycles. The van der Waals surface area contributed by atoms with E-state index in [0.717, 1.165) is 0 Å². The van der Waals surface area contributed by atoms with Crippen LogP contribution in [0.25, 0.3) is 10.8 Å². The van der Waals surface area contributed by atoms with Crippen molar-refractivity contribution in [2.24, 2.45) is 45.5 Å². The summed E-state index contributed by atoms with van der Waals surface area (Å²) < 4.78 is 18.3. The van der Waals surface area contributed by atoms with E-state index >= 15 is 0 Å². The van der Waals surface area contributed by atoms with Crippen LogP contribution in [0.3, 0.4) is 0 Å². The number of aromatic hydroxyl groups is 2. The van der Waals surface area contributed by atoms with Crippen LogP contribution >= 0.6 is 0 Å². The number of Topliss-reactive ketones (excluding diaryl/α,β-unsaturated/α-hetero) is 1. The first kappa shape index (κ1) is 45.3. The maximum absolute atomic E-state index is 14.6. The molecule has 0 saturated carbocycles. The van der Waals surface area contributed by atoms with E-state index in [-0.39, 0.29) is 79.8 Å². The monoisotopic (exact) mass is 844 g/mol. The number of hydrogen-bond donors (Lipinski definition) is 5. The number of likely N-dealkylation sites (tertiary alicyclic amines) is 1. The number of carbonyl (C=O) groups is 4. The van der Waals surface area contributed by atoms with Gasteiger partial charge in [0.2, 0.25) is 0 Å². The number of anilines is 1. The summed E-state index contributed by atoms with van der Waals surface area (Å²) in [6.45, 7) is 17.6. The average molecular weight is 845 g/mol. The van der Waals surface area contributed by atoms with Crippen molar-refractivity contribution in [1.82, 2.24) is 4.90 Å². The number of carboxylic acid groups (broad SMARTS) is 1. The van der Waals surface area contributed by atoms with Gasteiger partial charge < -0.3 is 44.9 Å². The number of aliphatic carboxylic acids is 1.